The fraction of sp³-hybridized carbons (Fsp3) is 0.633. The highest BCUT2D eigenvalue weighted by atomic mass is 16.6. The molecule has 42 heavy (non-hydrogen) atoms. The molecule has 0 aromatic heterocycles. The van der Waals surface area contributed by atoms with Crippen LogP contribution >= 0.6 is 0 Å². The molecule has 0 bridgehead atoms. The first-order valence-electron chi connectivity index (χ1n) is 14.7. The summed E-state index contributed by atoms with van der Waals surface area (Å²) >= 11 is 0. The molecule has 4 rings (SSSR count). The lowest BCUT2D eigenvalue weighted by Crippen LogP contribution is -2.60. The van der Waals surface area contributed by atoms with E-state index in [0.29, 0.717) is 45.3 Å². The van der Waals surface area contributed by atoms with Crippen LogP contribution in [0.1, 0.15) is 51.0 Å². The minimum Gasteiger partial charge on any atom is -0.382 e. The lowest BCUT2D eigenvalue weighted by Gasteiger charge is -2.28. The molecule has 1 aromatic rings. The summed E-state index contributed by atoms with van der Waals surface area (Å²) < 4.78 is 16.3. The molecule has 12 nitrogen and oxygen atoms in total. The number of nitrogens with zero attached hydrogens (tertiary/aromatic N) is 1. The summed E-state index contributed by atoms with van der Waals surface area (Å²) in [5.74, 6) is -1.98. The van der Waals surface area contributed by atoms with E-state index in [0.717, 1.165) is 12.0 Å². The molecule has 0 radical (unpaired) electrons. The van der Waals surface area contributed by atoms with Gasteiger partial charge in [-0.2, -0.15) is 0 Å². The number of rotatable bonds is 8. The molecule has 0 spiro atoms. The Kier molecular flexibility index (Phi) is 11.1. The second kappa shape index (κ2) is 14.7. The molecule has 5 atom stereocenters. The van der Waals surface area contributed by atoms with Crippen LogP contribution in [0.2, 0.25) is 0 Å². The quantitative estimate of drug-likeness (QED) is 0.367. The molecule has 3 saturated heterocycles. The smallest absolute Gasteiger partial charge is 0.245 e. The van der Waals surface area contributed by atoms with E-state index in [2.05, 4.69) is 16.0 Å². The molecular weight excluding hydrogens is 544 g/mol. The van der Waals surface area contributed by atoms with Crippen LogP contribution in [0.5, 0.6) is 0 Å². The third-order valence-corrected chi connectivity index (χ3v) is 7.95. The Morgan fingerprint density at radius 2 is 1.86 bits per heavy atom. The molecule has 230 valence electrons. The average Bonchev–Trinajstić information content (AvgIpc) is 3.53. The number of amides is 4. The molecule has 0 unspecified atom stereocenters. The van der Waals surface area contributed by atoms with E-state index in [4.69, 9.17) is 14.2 Å². The van der Waals surface area contributed by atoms with Crippen LogP contribution in [0.4, 0.5) is 0 Å². The first-order valence-corrected chi connectivity index (χ1v) is 14.7. The zero-order chi connectivity index (χ0) is 30.1. The summed E-state index contributed by atoms with van der Waals surface area (Å²) in [5.41, 5.74) is -0.1000. The van der Waals surface area contributed by atoms with Crippen LogP contribution in [0, 0.1) is 0 Å². The molecule has 0 saturated carbocycles. The first kappa shape index (κ1) is 31.6. The molecule has 0 aliphatic carbocycles. The van der Waals surface area contributed by atoms with Crippen molar-refractivity contribution in [1.29, 1.82) is 0 Å². The molecule has 12 heteroatoms. The molecular formula is C30H42N4O8. The van der Waals surface area contributed by atoms with Gasteiger partial charge in [0.25, 0.3) is 0 Å². The van der Waals surface area contributed by atoms with Gasteiger partial charge in [-0.15, -0.1) is 0 Å². The van der Waals surface area contributed by atoms with E-state index in [1.54, 1.807) is 11.8 Å². The van der Waals surface area contributed by atoms with Gasteiger partial charge in [-0.05, 0) is 44.6 Å². The van der Waals surface area contributed by atoms with E-state index in [9.17, 15) is 24.0 Å². The third kappa shape index (κ3) is 8.36. The van der Waals surface area contributed by atoms with Crippen molar-refractivity contribution in [2.75, 3.05) is 40.1 Å². The number of ketones is 1. The summed E-state index contributed by atoms with van der Waals surface area (Å²) in [7, 11) is 1.40. The third-order valence-electron chi connectivity index (χ3n) is 7.95. The highest BCUT2D eigenvalue weighted by Gasteiger charge is 2.50. The SMILES string of the molecule is COC[C@@H]1NC(=O)[C@@H]2CCCN2C(=O)CCCCCOC[C@@H](C(=O)N[C@@H](Cc2ccccc2)C(=O)[C@@]2(C)CO2)NC1=O. The lowest BCUT2D eigenvalue weighted by molar-refractivity contribution is -0.140. The second-order valence-electron chi connectivity index (χ2n) is 11.3. The molecule has 3 aliphatic heterocycles. The van der Waals surface area contributed by atoms with Crippen molar-refractivity contribution in [2.24, 2.45) is 0 Å². The Balaban J connectivity index is 1.50. The second-order valence-corrected chi connectivity index (χ2v) is 11.3. The molecule has 3 aliphatic rings. The highest BCUT2D eigenvalue weighted by molar-refractivity contribution is 5.99. The maximum absolute atomic E-state index is 13.6. The van der Waals surface area contributed by atoms with Crippen LogP contribution in [0.15, 0.2) is 30.3 Å². The number of hydrogen-bond donors (Lipinski definition) is 3. The van der Waals surface area contributed by atoms with E-state index in [-0.39, 0.29) is 37.9 Å². The Morgan fingerprint density at radius 1 is 1.10 bits per heavy atom. The predicted octanol–water partition coefficient (Wildman–Crippen LogP) is 0.270. The van der Waals surface area contributed by atoms with E-state index >= 15 is 0 Å². The van der Waals surface area contributed by atoms with Crippen LogP contribution < -0.4 is 16.0 Å². The number of Topliss-reactive ketones (excluding diaryl/α,β-unsaturated/α-hetero) is 1. The lowest BCUT2D eigenvalue weighted by atomic mass is 9.94. The van der Waals surface area contributed by atoms with Gasteiger partial charge in [0.15, 0.2) is 5.78 Å². The fourth-order valence-electron chi connectivity index (χ4n) is 5.36. The molecule has 3 heterocycles. The minimum absolute atomic E-state index is 0.0739. The van der Waals surface area contributed by atoms with Gasteiger partial charge >= 0.3 is 0 Å². The standard InChI is InChI=1S/C30H42N4O8/c1-30(19-42-30)26(36)21(16-20-10-5-3-6-11-20)31-28(38)23-18-41-15-8-4-7-13-25(35)34-14-9-12-24(34)29(39)33-22(17-40-2)27(37)32-23/h3,5-6,10-11,21-24H,4,7-9,12-19H2,1-2H3,(H,31,38)(H,32,37)(H,33,39)/t21-,22-,23-,24-,30+/m0/s1. The summed E-state index contributed by atoms with van der Waals surface area (Å²) in [6, 6.07) is 5.54. The number of fused-ring (bicyclic) bond motifs is 1. The Hall–Kier alpha value is -3.35. The van der Waals surface area contributed by atoms with Crippen LogP contribution in [0.3, 0.4) is 0 Å². The van der Waals surface area contributed by atoms with Crippen molar-refractivity contribution in [1.82, 2.24) is 20.9 Å². The van der Waals surface area contributed by atoms with E-state index in [1.165, 1.54) is 7.11 Å². The number of epoxide rings is 1. The Bertz CT molecular complexity index is 1130. The number of nitrogens with one attached hydrogen (secondary N) is 3. The van der Waals surface area contributed by atoms with Gasteiger partial charge in [0, 0.05) is 26.7 Å². The zero-order valence-corrected chi connectivity index (χ0v) is 24.4. The molecule has 1 aromatic carbocycles. The number of benzene rings is 1. The van der Waals surface area contributed by atoms with Gasteiger partial charge in [-0.3, -0.25) is 24.0 Å². The van der Waals surface area contributed by atoms with Gasteiger partial charge in [0.2, 0.25) is 23.6 Å². The average molecular weight is 587 g/mol. The van der Waals surface area contributed by atoms with Crippen LogP contribution in [0.25, 0.3) is 0 Å². The van der Waals surface area contributed by atoms with Crippen molar-refractivity contribution >= 4 is 29.4 Å². The Morgan fingerprint density at radius 3 is 2.57 bits per heavy atom. The van der Waals surface area contributed by atoms with Crippen LogP contribution in [-0.2, 0) is 44.6 Å². The Labute approximate surface area is 246 Å². The summed E-state index contributed by atoms with van der Waals surface area (Å²) in [6.07, 6.45) is 3.86. The summed E-state index contributed by atoms with van der Waals surface area (Å²) in [6.45, 7) is 2.51. The number of methoxy groups -OCH3 is 1. The molecule has 3 N–H and O–H groups in total. The van der Waals surface area contributed by atoms with Crippen molar-refractivity contribution in [3.63, 3.8) is 0 Å². The summed E-state index contributed by atoms with van der Waals surface area (Å²) in [4.78, 5) is 67.8. The van der Waals surface area contributed by atoms with Gasteiger partial charge in [0.1, 0.15) is 23.7 Å². The largest absolute Gasteiger partial charge is 0.382 e. The van der Waals surface area contributed by atoms with E-state index in [1.807, 2.05) is 30.3 Å². The van der Waals surface area contributed by atoms with Gasteiger partial charge in [0.05, 0.1) is 25.9 Å². The van der Waals surface area contributed by atoms with Crippen molar-refractivity contribution in [3.05, 3.63) is 35.9 Å². The van der Waals surface area contributed by atoms with Crippen molar-refractivity contribution < 1.29 is 38.2 Å². The fourth-order valence-corrected chi connectivity index (χ4v) is 5.36. The maximum Gasteiger partial charge on any atom is 0.245 e. The van der Waals surface area contributed by atoms with Gasteiger partial charge in [-0.1, -0.05) is 36.8 Å². The highest BCUT2D eigenvalue weighted by Crippen LogP contribution is 2.29. The van der Waals surface area contributed by atoms with E-state index < -0.39 is 47.5 Å². The number of hydrogen-bond acceptors (Lipinski definition) is 8. The topological polar surface area (TPSA) is 156 Å². The first-order chi connectivity index (χ1) is 20.2. The minimum atomic E-state index is -1.13. The number of carbonyl (C=O) groups excluding carboxylic acids is 5. The summed E-state index contributed by atoms with van der Waals surface area (Å²) in [5, 5.41) is 8.22. The molecule has 4 amide bonds. The van der Waals surface area contributed by atoms with Gasteiger partial charge in [-0.25, -0.2) is 0 Å². The normalized spacial score (nSPS) is 28.3. The number of carbonyl (C=O) groups is 5. The van der Waals surface area contributed by atoms with Crippen LogP contribution in [-0.4, -0.2) is 104 Å². The van der Waals surface area contributed by atoms with Crippen molar-refractivity contribution in [3.8, 4) is 0 Å². The monoisotopic (exact) mass is 586 g/mol. The van der Waals surface area contributed by atoms with Crippen molar-refractivity contribution in [2.45, 2.75) is 81.6 Å². The van der Waals surface area contributed by atoms with Gasteiger partial charge < -0.3 is 35.1 Å². The molecule has 3 fully saturated rings. The zero-order valence-electron chi connectivity index (χ0n) is 24.4. The maximum atomic E-state index is 13.6. The number of ether oxygens (including phenoxy) is 3. The predicted molar refractivity (Wildman–Crippen MR) is 151 cm³/mol.